The molecule has 1 aliphatic rings. The van der Waals surface area contributed by atoms with Crippen molar-refractivity contribution in [3.8, 4) is 0 Å². The van der Waals surface area contributed by atoms with Gasteiger partial charge in [-0.2, -0.15) is 8.42 Å². The first-order chi connectivity index (χ1) is 9.53. The van der Waals surface area contributed by atoms with Crippen LogP contribution in [0.2, 0.25) is 0 Å². The Balaban J connectivity index is 1.67. The molecule has 1 aromatic rings. The van der Waals surface area contributed by atoms with Crippen LogP contribution in [0.5, 0.6) is 0 Å². The Morgan fingerprint density at radius 2 is 1.95 bits per heavy atom. The van der Waals surface area contributed by atoms with Gasteiger partial charge in [-0.25, -0.2) is 5.26 Å². The second-order valence-corrected chi connectivity index (χ2v) is 7.25. The molecule has 1 aliphatic carbocycles. The van der Waals surface area contributed by atoms with Crippen molar-refractivity contribution in [3.05, 3.63) is 35.9 Å². The summed E-state index contributed by atoms with van der Waals surface area (Å²) in [6.07, 6.45) is 1.58. The van der Waals surface area contributed by atoms with Crippen LogP contribution in [0.25, 0.3) is 0 Å². The summed E-state index contributed by atoms with van der Waals surface area (Å²) in [4.78, 5) is 0. The van der Waals surface area contributed by atoms with Crippen molar-refractivity contribution >= 4 is 10.1 Å². The van der Waals surface area contributed by atoms with Crippen molar-refractivity contribution < 1.29 is 22.7 Å². The second-order valence-electron chi connectivity index (χ2n) is 5.37. The summed E-state index contributed by atoms with van der Waals surface area (Å²) in [7, 11) is -3.83. The van der Waals surface area contributed by atoms with Crippen molar-refractivity contribution in [2.24, 2.45) is 11.8 Å². The average Bonchev–Trinajstić information content (AvgIpc) is 2.41. The van der Waals surface area contributed by atoms with E-state index in [1.54, 1.807) is 6.92 Å². The predicted octanol–water partition coefficient (Wildman–Crippen LogP) is 2.44. The molecule has 1 atom stereocenters. The number of benzene rings is 1. The van der Waals surface area contributed by atoms with Gasteiger partial charge in [-0.3, -0.25) is 0 Å². The van der Waals surface area contributed by atoms with E-state index in [0.717, 1.165) is 18.4 Å². The van der Waals surface area contributed by atoms with Crippen LogP contribution in [0.15, 0.2) is 30.3 Å². The maximum absolute atomic E-state index is 11.3. The Morgan fingerprint density at radius 3 is 2.55 bits per heavy atom. The average molecular weight is 300 g/mol. The van der Waals surface area contributed by atoms with Gasteiger partial charge in [-0.1, -0.05) is 30.3 Å². The largest absolute Gasteiger partial charge is 0.376 e. The van der Waals surface area contributed by atoms with Gasteiger partial charge in [0.05, 0.1) is 11.9 Å². The Kier molecular flexibility index (Phi) is 5.15. The lowest BCUT2D eigenvalue weighted by Gasteiger charge is -2.37. The molecule has 0 spiro atoms. The van der Waals surface area contributed by atoms with Crippen molar-refractivity contribution in [2.45, 2.75) is 31.6 Å². The van der Waals surface area contributed by atoms with E-state index in [1.165, 1.54) is 0 Å². The zero-order valence-corrected chi connectivity index (χ0v) is 12.3. The van der Waals surface area contributed by atoms with Gasteiger partial charge in [-0.05, 0) is 37.2 Å². The van der Waals surface area contributed by atoms with Crippen molar-refractivity contribution in [1.29, 1.82) is 0 Å². The van der Waals surface area contributed by atoms with Gasteiger partial charge in [0.25, 0.3) is 10.1 Å². The molecule has 0 aliphatic heterocycles. The van der Waals surface area contributed by atoms with E-state index in [0.29, 0.717) is 19.1 Å². The summed E-state index contributed by atoms with van der Waals surface area (Å²) in [6, 6.07) is 9.93. The third-order valence-corrected chi connectivity index (χ3v) is 5.46. The van der Waals surface area contributed by atoms with E-state index in [4.69, 9.17) is 9.99 Å². The molecule has 2 rings (SSSR count). The van der Waals surface area contributed by atoms with Gasteiger partial charge in [0.2, 0.25) is 0 Å². The van der Waals surface area contributed by atoms with Gasteiger partial charge >= 0.3 is 0 Å². The van der Waals surface area contributed by atoms with E-state index in [1.807, 2.05) is 30.3 Å². The lowest BCUT2D eigenvalue weighted by Crippen LogP contribution is -2.38. The lowest BCUT2D eigenvalue weighted by molar-refractivity contribution is -0.132. The summed E-state index contributed by atoms with van der Waals surface area (Å²) in [5, 5.41) is 7.69. The molecule has 6 heteroatoms. The monoisotopic (exact) mass is 300 g/mol. The SMILES string of the molecule is CC(C1CC(COCc2ccccc2)C1)S(=O)(=O)OO. The number of hydrogen-bond donors (Lipinski definition) is 1. The van der Waals surface area contributed by atoms with Crippen LogP contribution in [-0.2, 0) is 25.8 Å². The molecule has 112 valence electrons. The fourth-order valence-corrected chi connectivity index (χ4v) is 3.36. The van der Waals surface area contributed by atoms with E-state index < -0.39 is 15.4 Å². The number of rotatable bonds is 7. The zero-order valence-electron chi connectivity index (χ0n) is 11.4. The first-order valence-electron chi connectivity index (χ1n) is 6.71. The molecule has 0 radical (unpaired) electrons. The highest BCUT2D eigenvalue weighted by molar-refractivity contribution is 7.87. The van der Waals surface area contributed by atoms with Crippen molar-refractivity contribution in [1.82, 2.24) is 0 Å². The highest BCUT2D eigenvalue weighted by Crippen LogP contribution is 2.38. The van der Waals surface area contributed by atoms with E-state index in [2.05, 4.69) is 4.33 Å². The Morgan fingerprint density at radius 1 is 1.30 bits per heavy atom. The normalized spacial score (nSPS) is 24.1. The summed E-state index contributed by atoms with van der Waals surface area (Å²) >= 11 is 0. The summed E-state index contributed by atoms with van der Waals surface area (Å²) in [5.41, 5.74) is 1.13. The first kappa shape index (κ1) is 15.4. The zero-order chi connectivity index (χ0) is 14.6. The maximum Gasteiger partial charge on any atom is 0.296 e. The molecule has 0 heterocycles. The van der Waals surface area contributed by atoms with Crippen LogP contribution in [0, 0.1) is 11.8 Å². The minimum absolute atomic E-state index is 0.0393. The second kappa shape index (κ2) is 6.67. The Labute approximate surface area is 119 Å². The Bertz CT molecular complexity index is 508. The molecule has 0 amide bonds. The van der Waals surface area contributed by atoms with E-state index >= 15 is 0 Å². The van der Waals surface area contributed by atoms with Crippen LogP contribution in [0.3, 0.4) is 0 Å². The van der Waals surface area contributed by atoms with E-state index in [9.17, 15) is 8.42 Å². The molecular weight excluding hydrogens is 280 g/mol. The highest BCUT2D eigenvalue weighted by Gasteiger charge is 2.39. The quantitative estimate of drug-likeness (QED) is 0.618. The topological polar surface area (TPSA) is 72.8 Å². The van der Waals surface area contributed by atoms with Crippen LogP contribution >= 0.6 is 0 Å². The smallest absolute Gasteiger partial charge is 0.296 e. The van der Waals surface area contributed by atoms with Crippen molar-refractivity contribution in [3.63, 3.8) is 0 Å². The molecule has 1 unspecified atom stereocenters. The molecule has 1 N–H and O–H groups in total. The molecule has 5 nitrogen and oxygen atoms in total. The van der Waals surface area contributed by atoms with Crippen molar-refractivity contribution in [2.75, 3.05) is 6.61 Å². The molecule has 1 aromatic carbocycles. The van der Waals surface area contributed by atoms with Crippen LogP contribution in [0.4, 0.5) is 0 Å². The fourth-order valence-electron chi connectivity index (χ4n) is 2.53. The summed E-state index contributed by atoms with van der Waals surface area (Å²) in [6.45, 7) is 2.78. The van der Waals surface area contributed by atoms with Gasteiger partial charge in [0.15, 0.2) is 0 Å². The lowest BCUT2D eigenvalue weighted by atomic mass is 9.74. The maximum atomic E-state index is 11.3. The fraction of sp³-hybridized carbons (Fsp3) is 0.571. The standard InChI is InChI=1S/C14H20O5S/c1-11(20(16,17)19-15)14-7-13(8-14)10-18-9-12-5-3-2-4-6-12/h2-6,11,13-15H,7-10H2,1H3. The first-order valence-corrected chi connectivity index (χ1v) is 8.18. The molecule has 1 saturated carbocycles. The van der Waals surface area contributed by atoms with E-state index in [-0.39, 0.29) is 5.92 Å². The van der Waals surface area contributed by atoms with Gasteiger partial charge in [-0.15, -0.1) is 4.33 Å². The van der Waals surface area contributed by atoms with Crippen LogP contribution in [-0.4, -0.2) is 25.5 Å². The van der Waals surface area contributed by atoms with Crippen LogP contribution < -0.4 is 0 Å². The third-order valence-electron chi connectivity index (χ3n) is 3.96. The minimum atomic E-state index is -3.83. The van der Waals surface area contributed by atoms with Gasteiger partial charge < -0.3 is 4.74 Å². The Hall–Kier alpha value is -0.950. The molecular formula is C14H20O5S. The highest BCUT2D eigenvalue weighted by atomic mass is 32.2. The molecule has 0 aromatic heterocycles. The molecule has 1 fully saturated rings. The molecule has 0 bridgehead atoms. The van der Waals surface area contributed by atoms with Crippen LogP contribution in [0.1, 0.15) is 25.3 Å². The molecule has 0 saturated heterocycles. The predicted molar refractivity (Wildman–Crippen MR) is 74.4 cm³/mol. The van der Waals surface area contributed by atoms with Gasteiger partial charge in [0, 0.05) is 6.61 Å². The minimum Gasteiger partial charge on any atom is -0.376 e. The third kappa shape index (κ3) is 3.79. The number of hydrogen-bond acceptors (Lipinski definition) is 5. The summed E-state index contributed by atoms with van der Waals surface area (Å²) < 4.78 is 31.9. The number of ether oxygens (including phenoxy) is 1. The molecule has 20 heavy (non-hydrogen) atoms. The van der Waals surface area contributed by atoms with Gasteiger partial charge in [0.1, 0.15) is 0 Å². The summed E-state index contributed by atoms with van der Waals surface area (Å²) in [5.74, 6) is 0.428.